The first-order valence-electron chi connectivity index (χ1n) is 4.71. The molecular weight excluding hydrogens is 176 g/mol. The summed E-state index contributed by atoms with van der Waals surface area (Å²) in [4.78, 5) is 17.3. The van der Waals surface area contributed by atoms with Gasteiger partial charge < -0.3 is 4.90 Å². The number of rotatable bonds is 3. The van der Waals surface area contributed by atoms with E-state index in [9.17, 15) is 4.79 Å². The lowest BCUT2D eigenvalue weighted by Gasteiger charge is -2.20. The molecule has 0 aliphatic carbocycles. The van der Waals surface area contributed by atoms with Crippen LogP contribution in [-0.4, -0.2) is 30.1 Å². The van der Waals surface area contributed by atoms with E-state index in [0.29, 0.717) is 0 Å². The van der Waals surface area contributed by atoms with Crippen LogP contribution in [0, 0.1) is 0 Å². The highest BCUT2D eigenvalue weighted by molar-refractivity contribution is 5.99. The predicted octanol–water partition coefficient (Wildman–Crippen LogP) is 1.77. The summed E-state index contributed by atoms with van der Waals surface area (Å²) in [6.45, 7) is 10.1. The topological polar surface area (TPSA) is 32.7 Å². The second kappa shape index (κ2) is 4.22. The number of carbonyl (C=O) groups excluding carboxylic acids is 1. The van der Waals surface area contributed by atoms with Gasteiger partial charge in [0.1, 0.15) is 0 Å². The summed E-state index contributed by atoms with van der Waals surface area (Å²) < 4.78 is 0. The maximum atomic E-state index is 11.8. The third kappa shape index (κ3) is 1.92. The van der Waals surface area contributed by atoms with Crippen molar-refractivity contribution in [2.75, 3.05) is 6.54 Å². The highest BCUT2D eigenvalue weighted by atomic mass is 16.2. The fourth-order valence-corrected chi connectivity index (χ4v) is 1.51. The van der Waals surface area contributed by atoms with Gasteiger partial charge in [-0.3, -0.25) is 9.79 Å². The standard InChI is InChI=1S/C11H16N2O/c1-8(2)13-7-9(3)10(11(13)14)5-6-12-4/h5-6,8H,4,7H2,1-3H3/b6-5-. The molecule has 14 heavy (non-hydrogen) atoms. The second-order valence-corrected chi connectivity index (χ2v) is 3.72. The van der Waals surface area contributed by atoms with Gasteiger partial charge in [-0.15, -0.1) is 0 Å². The summed E-state index contributed by atoms with van der Waals surface area (Å²) in [5.74, 6) is 0.0948. The number of hydrogen-bond acceptors (Lipinski definition) is 2. The number of carbonyl (C=O) groups is 1. The smallest absolute Gasteiger partial charge is 0.254 e. The Morgan fingerprint density at radius 3 is 2.64 bits per heavy atom. The molecule has 0 aromatic heterocycles. The molecule has 1 rings (SSSR count). The molecule has 0 spiro atoms. The molecule has 0 radical (unpaired) electrons. The minimum atomic E-state index is 0.0948. The van der Waals surface area contributed by atoms with E-state index in [-0.39, 0.29) is 11.9 Å². The van der Waals surface area contributed by atoms with E-state index in [2.05, 4.69) is 11.7 Å². The summed E-state index contributed by atoms with van der Waals surface area (Å²) >= 11 is 0. The summed E-state index contributed by atoms with van der Waals surface area (Å²) in [5.41, 5.74) is 1.86. The van der Waals surface area contributed by atoms with E-state index in [1.165, 1.54) is 0 Å². The minimum absolute atomic E-state index is 0.0948. The number of hydrogen-bond donors (Lipinski definition) is 0. The molecule has 0 N–H and O–H groups in total. The molecule has 76 valence electrons. The first kappa shape index (κ1) is 10.7. The molecule has 1 aliphatic heterocycles. The van der Waals surface area contributed by atoms with Crippen LogP contribution in [0.25, 0.3) is 0 Å². The van der Waals surface area contributed by atoms with Crippen molar-refractivity contribution in [2.24, 2.45) is 4.99 Å². The van der Waals surface area contributed by atoms with Gasteiger partial charge >= 0.3 is 0 Å². The zero-order valence-corrected chi connectivity index (χ0v) is 8.95. The lowest BCUT2D eigenvalue weighted by Crippen LogP contribution is -2.33. The van der Waals surface area contributed by atoms with Crippen LogP contribution in [0.3, 0.4) is 0 Å². The molecule has 3 nitrogen and oxygen atoms in total. The molecule has 0 aromatic rings. The summed E-state index contributed by atoms with van der Waals surface area (Å²) in [5, 5.41) is 0. The maximum absolute atomic E-state index is 11.8. The second-order valence-electron chi connectivity index (χ2n) is 3.72. The van der Waals surface area contributed by atoms with Crippen molar-refractivity contribution >= 4 is 12.6 Å². The summed E-state index contributed by atoms with van der Waals surface area (Å²) in [7, 11) is 0. The van der Waals surface area contributed by atoms with Gasteiger partial charge in [0, 0.05) is 24.4 Å². The fourth-order valence-electron chi connectivity index (χ4n) is 1.51. The van der Waals surface area contributed by atoms with Crippen molar-refractivity contribution in [1.29, 1.82) is 0 Å². The van der Waals surface area contributed by atoms with Crippen molar-refractivity contribution in [3.05, 3.63) is 23.4 Å². The number of aliphatic imine (C=N–C) groups is 1. The molecule has 0 unspecified atom stereocenters. The van der Waals surface area contributed by atoms with Crippen LogP contribution in [0.2, 0.25) is 0 Å². The monoisotopic (exact) mass is 192 g/mol. The average molecular weight is 192 g/mol. The van der Waals surface area contributed by atoms with Crippen LogP contribution in [0.5, 0.6) is 0 Å². The van der Waals surface area contributed by atoms with E-state index in [4.69, 9.17) is 0 Å². The van der Waals surface area contributed by atoms with Crippen LogP contribution in [-0.2, 0) is 4.79 Å². The molecule has 0 saturated heterocycles. The van der Waals surface area contributed by atoms with Gasteiger partial charge in [-0.25, -0.2) is 0 Å². The zero-order valence-electron chi connectivity index (χ0n) is 8.95. The van der Waals surface area contributed by atoms with E-state index in [1.54, 1.807) is 12.3 Å². The van der Waals surface area contributed by atoms with Crippen molar-refractivity contribution in [3.8, 4) is 0 Å². The largest absolute Gasteiger partial charge is 0.332 e. The van der Waals surface area contributed by atoms with Gasteiger partial charge in [-0.2, -0.15) is 0 Å². The van der Waals surface area contributed by atoms with Gasteiger partial charge in [0.05, 0.1) is 0 Å². The van der Waals surface area contributed by atoms with Crippen LogP contribution in [0.1, 0.15) is 20.8 Å². The third-order valence-corrected chi connectivity index (χ3v) is 2.33. The normalized spacial score (nSPS) is 17.7. The Morgan fingerprint density at radius 2 is 2.21 bits per heavy atom. The molecule has 0 bridgehead atoms. The molecule has 3 heteroatoms. The molecule has 0 fully saturated rings. The van der Waals surface area contributed by atoms with Crippen LogP contribution in [0.4, 0.5) is 0 Å². The number of nitrogens with zero attached hydrogens (tertiary/aromatic N) is 2. The molecule has 1 aliphatic rings. The van der Waals surface area contributed by atoms with Crippen molar-refractivity contribution < 1.29 is 4.79 Å². The van der Waals surface area contributed by atoms with E-state index < -0.39 is 0 Å². The Kier molecular flexibility index (Phi) is 3.23. The fraction of sp³-hybridized carbons (Fsp3) is 0.455. The lowest BCUT2D eigenvalue weighted by molar-refractivity contribution is -0.126. The van der Waals surface area contributed by atoms with Crippen LogP contribution < -0.4 is 0 Å². The van der Waals surface area contributed by atoms with Crippen molar-refractivity contribution in [1.82, 2.24) is 4.90 Å². The minimum Gasteiger partial charge on any atom is -0.332 e. The third-order valence-electron chi connectivity index (χ3n) is 2.33. The van der Waals surface area contributed by atoms with Crippen LogP contribution >= 0.6 is 0 Å². The Labute approximate surface area is 84.8 Å². The van der Waals surface area contributed by atoms with E-state index in [0.717, 1.165) is 17.7 Å². The molecular formula is C11H16N2O. The van der Waals surface area contributed by atoms with Crippen molar-refractivity contribution in [3.63, 3.8) is 0 Å². The molecule has 1 amide bonds. The average Bonchev–Trinajstić information content (AvgIpc) is 2.40. The van der Waals surface area contributed by atoms with E-state index in [1.807, 2.05) is 25.7 Å². The number of amides is 1. The van der Waals surface area contributed by atoms with Gasteiger partial charge in [-0.1, -0.05) is 0 Å². The van der Waals surface area contributed by atoms with Gasteiger partial charge in [0.2, 0.25) is 0 Å². The first-order valence-corrected chi connectivity index (χ1v) is 4.71. The highest BCUT2D eigenvalue weighted by Crippen LogP contribution is 2.21. The van der Waals surface area contributed by atoms with Gasteiger partial charge in [0.25, 0.3) is 5.91 Å². The molecule has 0 atom stereocenters. The highest BCUT2D eigenvalue weighted by Gasteiger charge is 2.27. The van der Waals surface area contributed by atoms with E-state index >= 15 is 0 Å². The lowest BCUT2D eigenvalue weighted by atomic mass is 10.2. The Balaban J connectivity index is 2.86. The molecule has 0 saturated carbocycles. The first-order chi connectivity index (χ1) is 6.57. The Bertz CT molecular complexity index is 313. The maximum Gasteiger partial charge on any atom is 0.254 e. The van der Waals surface area contributed by atoms with Crippen molar-refractivity contribution in [2.45, 2.75) is 26.8 Å². The SMILES string of the molecule is C=N/C=C\C1=C(C)CN(C(C)C)C1=O. The van der Waals surface area contributed by atoms with Gasteiger partial charge in [0.15, 0.2) is 0 Å². The van der Waals surface area contributed by atoms with Crippen LogP contribution in [0.15, 0.2) is 28.4 Å². The Hall–Kier alpha value is -1.38. The summed E-state index contributed by atoms with van der Waals surface area (Å²) in [6, 6.07) is 0.250. The van der Waals surface area contributed by atoms with Gasteiger partial charge in [-0.05, 0) is 39.1 Å². The quantitative estimate of drug-likeness (QED) is 0.627. The Morgan fingerprint density at radius 1 is 1.57 bits per heavy atom. The molecule has 0 aromatic carbocycles. The predicted molar refractivity (Wildman–Crippen MR) is 58.2 cm³/mol. The summed E-state index contributed by atoms with van der Waals surface area (Å²) in [6.07, 6.45) is 3.29. The zero-order chi connectivity index (χ0) is 10.7. The molecule has 1 heterocycles.